The van der Waals surface area contributed by atoms with Crippen LogP contribution in [-0.2, 0) is 11.0 Å². The number of H-pyrrole nitrogens is 1. The monoisotopic (exact) mass is 235 g/mol. The molecule has 1 aromatic heterocycles. The Hall–Kier alpha value is -1.86. The molecule has 0 aliphatic rings. The number of amides is 1. The van der Waals surface area contributed by atoms with E-state index in [1.54, 1.807) is 0 Å². The fourth-order valence-electron chi connectivity index (χ4n) is 1.06. The van der Waals surface area contributed by atoms with Crippen LogP contribution in [0.4, 0.5) is 19.1 Å². The van der Waals surface area contributed by atoms with E-state index in [1.807, 2.05) is 10.3 Å². The first-order chi connectivity index (χ1) is 7.21. The van der Waals surface area contributed by atoms with Crippen molar-refractivity contribution < 1.29 is 22.8 Å². The number of aromatic amines is 1. The van der Waals surface area contributed by atoms with E-state index in [0.717, 1.165) is 13.8 Å². The summed E-state index contributed by atoms with van der Waals surface area (Å²) in [6, 6.07) is 0. The van der Waals surface area contributed by atoms with Crippen molar-refractivity contribution >= 4 is 17.6 Å². The lowest BCUT2D eigenvalue weighted by Crippen LogP contribution is -2.11. The zero-order valence-corrected chi connectivity index (χ0v) is 8.40. The first-order valence-electron chi connectivity index (χ1n) is 4.17. The number of Topliss-reactive ketones (excluding diaryl/α,β-unsaturated/α-hetero) is 1. The molecule has 1 heterocycles. The molecule has 0 aliphatic carbocycles. The van der Waals surface area contributed by atoms with Gasteiger partial charge in [-0.2, -0.15) is 13.2 Å². The average Bonchev–Trinajstić information content (AvgIpc) is 2.45. The molecule has 0 saturated heterocycles. The van der Waals surface area contributed by atoms with Gasteiger partial charge in [-0.25, -0.2) is 4.98 Å². The minimum Gasteiger partial charge on any atom is -0.320 e. The van der Waals surface area contributed by atoms with Crippen molar-refractivity contribution in [2.45, 2.75) is 20.0 Å². The molecule has 16 heavy (non-hydrogen) atoms. The fraction of sp³-hybridized carbons (Fsp3) is 0.375. The van der Waals surface area contributed by atoms with Crippen LogP contribution in [0.25, 0.3) is 0 Å². The zero-order valence-electron chi connectivity index (χ0n) is 8.40. The number of rotatable bonds is 2. The highest BCUT2D eigenvalue weighted by Crippen LogP contribution is 2.31. The molecule has 0 aromatic carbocycles. The van der Waals surface area contributed by atoms with Crippen molar-refractivity contribution in [2.24, 2.45) is 0 Å². The number of anilines is 1. The maximum absolute atomic E-state index is 12.4. The summed E-state index contributed by atoms with van der Waals surface area (Å²) in [6.07, 6.45) is -4.72. The number of hydrogen-bond acceptors (Lipinski definition) is 3. The normalized spacial score (nSPS) is 11.3. The molecule has 5 nitrogen and oxygen atoms in total. The molecule has 0 aliphatic heterocycles. The molecular weight excluding hydrogens is 227 g/mol. The van der Waals surface area contributed by atoms with Gasteiger partial charge in [-0.15, -0.1) is 0 Å². The Balaban J connectivity index is 3.21. The molecule has 88 valence electrons. The van der Waals surface area contributed by atoms with Crippen LogP contribution in [0.5, 0.6) is 0 Å². The Morgan fingerprint density at radius 1 is 1.31 bits per heavy atom. The maximum Gasteiger partial charge on any atom is 0.433 e. The Kier molecular flexibility index (Phi) is 3.02. The van der Waals surface area contributed by atoms with E-state index < -0.39 is 35.2 Å². The quantitative estimate of drug-likeness (QED) is 0.764. The lowest BCUT2D eigenvalue weighted by Gasteiger charge is -2.03. The first kappa shape index (κ1) is 12.2. The number of nitrogens with one attached hydrogen (secondary N) is 2. The van der Waals surface area contributed by atoms with Crippen molar-refractivity contribution in [1.82, 2.24) is 9.97 Å². The van der Waals surface area contributed by atoms with Crippen LogP contribution >= 0.6 is 0 Å². The Bertz CT molecular complexity index is 436. The van der Waals surface area contributed by atoms with E-state index in [2.05, 4.69) is 4.98 Å². The van der Waals surface area contributed by atoms with Crippen LogP contribution in [0.1, 0.15) is 30.0 Å². The highest BCUT2D eigenvalue weighted by Gasteiger charge is 2.38. The predicted octanol–water partition coefficient (Wildman–Crippen LogP) is 1.59. The second-order valence-electron chi connectivity index (χ2n) is 3.04. The van der Waals surface area contributed by atoms with Gasteiger partial charge in [0.2, 0.25) is 11.9 Å². The van der Waals surface area contributed by atoms with E-state index in [0.29, 0.717) is 0 Å². The second kappa shape index (κ2) is 3.95. The van der Waals surface area contributed by atoms with Gasteiger partial charge in [-0.05, 0) is 0 Å². The molecule has 0 radical (unpaired) electrons. The summed E-state index contributed by atoms with van der Waals surface area (Å²) in [5, 5.41) is 2.03. The highest BCUT2D eigenvalue weighted by molar-refractivity contribution is 5.95. The lowest BCUT2D eigenvalue weighted by atomic mass is 10.2. The van der Waals surface area contributed by atoms with Crippen LogP contribution < -0.4 is 5.32 Å². The van der Waals surface area contributed by atoms with Gasteiger partial charge >= 0.3 is 6.18 Å². The summed E-state index contributed by atoms with van der Waals surface area (Å²) in [6.45, 7) is 2.08. The van der Waals surface area contributed by atoms with Crippen molar-refractivity contribution in [1.29, 1.82) is 0 Å². The number of imidazole rings is 1. The molecule has 0 bridgehead atoms. The van der Waals surface area contributed by atoms with Gasteiger partial charge < -0.3 is 4.98 Å². The number of carbonyl (C=O) groups is 2. The Morgan fingerprint density at radius 2 is 1.88 bits per heavy atom. The summed E-state index contributed by atoms with van der Waals surface area (Å²) in [4.78, 5) is 26.7. The molecule has 0 spiro atoms. The van der Waals surface area contributed by atoms with Crippen molar-refractivity contribution in [3.8, 4) is 0 Å². The first-order valence-corrected chi connectivity index (χ1v) is 4.17. The predicted molar refractivity (Wildman–Crippen MR) is 47.9 cm³/mol. The van der Waals surface area contributed by atoms with E-state index in [-0.39, 0.29) is 0 Å². The molecule has 0 atom stereocenters. The largest absolute Gasteiger partial charge is 0.433 e. The molecular formula is C8H8F3N3O2. The van der Waals surface area contributed by atoms with Gasteiger partial charge in [-0.1, -0.05) is 0 Å². The SMILES string of the molecule is CC(=O)Nc1nc(C(C)=O)c(C(F)(F)F)[nH]1. The molecule has 8 heteroatoms. The Labute approximate surface area is 88.1 Å². The van der Waals surface area contributed by atoms with E-state index in [1.165, 1.54) is 0 Å². The number of nitrogens with zero attached hydrogens (tertiary/aromatic N) is 1. The molecule has 1 amide bonds. The van der Waals surface area contributed by atoms with Crippen molar-refractivity contribution in [3.63, 3.8) is 0 Å². The average molecular weight is 235 g/mol. The zero-order chi connectivity index (χ0) is 12.5. The fourth-order valence-corrected chi connectivity index (χ4v) is 1.06. The molecule has 0 unspecified atom stereocenters. The van der Waals surface area contributed by atoms with Gasteiger partial charge in [0, 0.05) is 13.8 Å². The molecule has 2 N–H and O–H groups in total. The summed E-state index contributed by atoms with van der Waals surface area (Å²) >= 11 is 0. The van der Waals surface area contributed by atoms with Gasteiger partial charge in [0.25, 0.3) is 0 Å². The third kappa shape index (κ3) is 2.59. The molecule has 1 aromatic rings. The number of aromatic nitrogens is 2. The summed E-state index contributed by atoms with van der Waals surface area (Å²) in [5.41, 5.74) is -2.00. The molecule has 1 rings (SSSR count). The number of carbonyl (C=O) groups excluding carboxylic acids is 2. The third-order valence-corrected chi connectivity index (χ3v) is 1.62. The van der Waals surface area contributed by atoms with Crippen LogP contribution in [0.15, 0.2) is 0 Å². The number of ketones is 1. The topological polar surface area (TPSA) is 74.8 Å². The van der Waals surface area contributed by atoms with Crippen molar-refractivity contribution in [3.05, 3.63) is 11.4 Å². The lowest BCUT2D eigenvalue weighted by molar-refractivity contribution is -0.141. The van der Waals surface area contributed by atoms with Crippen LogP contribution in [0, 0.1) is 0 Å². The minimum atomic E-state index is -4.72. The number of halogens is 3. The summed E-state index contributed by atoms with van der Waals surface area (Å²) in [7, 11) is 0. The van der Waals surface area contributed by atoms with Gasteiger partial charge in [-0.3, -0.25) is 14.9 Å². The van der Waals surface area contributed by atoms with E-state index >= 15 is 0 Å². The number of alkyl halides is 3. The summed E-state index contributed by atoms with van der Waals surface area (Å²) < 4.78 is 37.3. The number of hydrogen-bond donors (Lipinski definition) is 2. The van der Waals surface area contributed by atoms with Crippen LogP contribution in [-0.4, -0.2) is 21.7 Å². The minimum absolute atomic E-state index is 0.398. The summed E-state index contributed by atoms with van der Waals surface area (Å²) in [5.74, 6) is -1.82. The van der Waals surface area contributed by atoms with Gasteiger partial charge in [0.15, 0.2) is 11.5 Å². The third-order valence-electron chi connectivity index (χ3n) is 1.62. The van der Waals surface area contributed by atoms with Crippen molar-refractivity contribution in [2.75, 3.05) is 5.32 Å². The molecule has 0 saturated carbocycles. The molecule has 0 fully saturated rings. The van der Waals surface area contributed by atoms with Crippen LogP contribution in [0.3, 0.4) is 0 Å². The highest BCUT2D eigenvalue weighted by atomic mass is 19.4. The van der Waals surface area contributed by atoms with Gasteiger partial charge in [0.05, 0.1) is 0 Å². The van der Waals surface area contributed by atoms with E-state index in [9.17, 15) is 22.8 Å². The Morgan fingerprint density at radius 3 is 2.19 bits per heavy atom. The smallest absolute Gasteiger partial charge is 0.320 e. The maximum atomic E-state index is 12.4. The van der Waals surface area contributed by atoms with Gasteiger partial charge in [0.1, 0.15) is 5.69 Å². The second-order valence-corrected chi connectivity index (χ2v) is 3.04. The van der Waals surface area contributed by atoms with Crippen LogP contribution in [0.2, 0.25) is 0 Å². The van der Waals surface area contributed by atoms with E-state index in [4.69, 9.17) is 0 Å². The standard InChI is InChI=1S/C8H8F3N3O2/c1-3(15)5-6(8(9,10)11)14-7(13-5)12-4(2)16/h1-2H3,(H2,12,13,14,16).